The summed E-state index contributed by atoms with van der Waals surface area (Å²) in [7, 11) is 0. The number of nitrogens with one attached hydrogen (secondary N) is 1. The van der Waals surface area contributed by atoms with Crippen molar-refractivity contribution in [3.05, 3.63) is 24.3 Å². The van der Waals surface area contributed by atoms with E-state index in [4.69, 9.17) is 5.73 Å². The van der Waals surface area contributed by atoms with E-state index in [1.807, 2.05) is 12.1 Å². The Hall–Kier alpha value is -0.970. The topological polar surface area (TPSA) is 58.4 Å². The third-order valence-electron chi connectivity index (χ3n) is 4.64. The zero-order valence-corrected chi connectivity index (χ0v) is 16.8. The van der Waals surface area contributed by atoms with Crippen LogP contribution in [0.5, 0.6) is 0 Å². The molecule has 0 aliphatic carbocycles. The zero-order chi connectivity index (χ0) is 16.5. The number of piperidine rings is 1. The molecule has 0 radical (unpaired) electrons. The van der Waals surface area contributed by atoms with Crippen molar-refractivity contribution in [3.8, 4) is 0 Å². The van der Waals surface area contributed by atoms with Crippen molar-refractivity contribution >= 4 is 42.1 Å². The van der Waals surface area contributed by atoms with Crippen molar-refractivity contribution in [3.63, 3.8) is 0 Å². The van der Waals surface area contributed by atoms with Gasteiger partial charge < -0.3 is 16.0 Å². The van der Waals surface area contributed by atoms with E-state index < -0.39 is 0 Å². The lowest BCUT2D eigenvalue weighted by atomic mass is 9.99. The van der Waals surface area contributed by atoms with Gasteiger partial charge in [-0.15, -0.1) is 24.8 Å². The number of nitrogens with two attached hydrogens (primary N) is 1. The molecule has 0 spiro atoms. The Kier molecular flexibility index (Phi) is 12.7. The van der Waals surface area contributed by atoms with Crippen LogP contribution >= 0.6 is 24.8 Å². The Morgan fingerprint density at radius 1 is 1.16 bits per heavy atom. The van der Waals surface area contributed by atoms with Gasteiger partial charge in [-0.05, 0) is 56.3 Å². The highest BCUT2D eigenvalue weighted by Gasteiger charge is 2.16. The highest BCUT2D eigenvalue weighted by Crippen LogP contribution is 2.25. The summed E-state index contributed by atoms with van der Waals surface area (Å²) in [6, 6.07) is 8.24. The number of nitrogens with zero attached hydrogens (tertiary/aromatic N) is 1. The molecule has 2 rings (SSSR count). The maximum absolute atomic E-state index is 12.0. The molecule has 1 amide bonds. The maximum Gasteiger partial charge on any atom is 0.224 e. The summed E-state index contributed by atoms with van der Waals surface area (Å²) in [6.45, 7) is 5.29. The highest BCUT2D eigenvalue weighted by molar-refractivity contribution is 5.91. The lowest BCUT2D eigenvalue weighted by Crippen LogP contribution is -2.32. The maximum atomic E-state index is 12.0. The quantitative estimate of drug-likeness (QED) is 0.637. The van der Waals surface area contributed by atoms with Crippen molar-refractivity contribution < 1.29 is 4.79 Å². The van der Waals surface area contributed by atoms with Crippen LogP contribution < -0.4 is 16.0 Å². The molecule has 0 atom stereocenters. The van der Waals surface area contributed by atoms with Gasteiger partial charge in [0, 0.05) is 30.9 Å². The predicted octanol–water partition coefficient (Wildman–Crippen LogP) is 4.61. The van der Waals surface area contributed by atoms with E-state index in [2.05, 4.69) is 29.3 Å². The molecule has 3 N–H and O–H groups in total. The fourth-order valence-corrected chi connectivity index (χ4v) is 3.05. The molecule has 1 aliphatic heterocycles. The van der Waals surface area contributed by atoms with E-state index in [0.29, 0.717) is 6.42 Å². The molecule has 0 unspecified atom stereocenters. The van der Waals surface area contributed by atoms with Crippen LogP contribution in [0.1, 0.15) is 51.9 Å². The molecule has 4 nitrogen and oxygen atoms in total. The standard InChI is InChI=1S/C19H31N3O.2ClH/c1-16-10-13-22(14-11-16)18-8-6-7-17(15-18)21-19(23)9-4-2-3-5-12-20;;/h6-8,15-16H,2-5,9-14,20H2,1H3,(H,21,23);2*1H. The van der Waals surface area contributed by atoms with Crippen LogP contribution in [0, 0.1) is 5.92 Å². The molecule has 144 valence electrons. The van der Waals surface area contributed by atoms with E-state index in [9.17, 15) is 4.79 Å². The van der Waals surface area contributed by atoms with Gasteiger partial charge in [0.2, 0.25) is 5.91 Å². The normalized spacial score (nSPS) is 14.4. The summed E-state index contributed by atoms with van der Waals surface area (Å²) >= 11 is 0. The molecule has 25 heavy (non-hydrogen) atoms. The molecule has 1 heterocycles. The molecule has 1 saturated heterocycles. The second-order valence-corrected chi connectivity index (χ2v) is 6.72. The number of hydrogen-bond donors (Lipinski definition) is 2. The average Bonchev–Trinajstić information content (AvgIpc) is 2.55. The van der Waals surface area contributed by atoms with Gasteiger partial charge in [0.05, 0.1) is 0 Å². The van der Waals surface area contributed by atoms with Crippen molar-refractivity contribution in [1.29, 1.82) is 0 Å². The summed E-state index contributed by atoms with van der Waals surface area (Å²) in [5, 5.41) is 3.03. The molecule has 0 saturated carbocycles. The van der Waals surface area contributed by atoms with E-state index in [1.165, 1.54) is 18.5 Å². The first-order chi connectivity index (χ1) is 11.2. The predicted molar refractivity (Wildman–Crippen MR) is 112 cm³/mol. The van der Waals surface area contributed by atoms with Gasteiger partial charge in [-0.25, -0.2) is 0 Å². The van der Waals surface area contributed by atoms with Crippen LogP contribution in [-0.4, -0.2) is 25.5 Å². The minimum Gasteiger partial charge on any atom is -0.371 e. The number of carbonyl (C=O) groups excluding carboxylic acids is 1. The largest absolute Gasteiger partial charge is 0.371 e. The SMILES string of the molecule is CC1CCN(c2cccc(NC(=O)CCCCCCN)c2)CC1.Cl.Cl. The number of hydrogen-bond acceptors (Lipinski definition) is 3. The molecular formula is C19H33Cl2N3O. The van der Waals surface area contributed by atoms with Gasteiger partial charge in [0.1, 0.15) is 0 Å². The average molecular weight is 390 g/mol. The van der Waals surface area contributed by atoms with Crippen molar-refractivity contribution in [1.82, 2.24) is 0 Å². The van der Waals surface area contributed by atoms with Gasteiger partial charge in [0.15, 0.2) is 0 Å². The molecule has 6 heteroatoms. The number of unbranched alkanes of at least 4 members (excludes halogenated alkanes) is 3. The van der Waals surface area contributed by atoms with Crippen LogP contribution in [0.25, 0.3) is 0 Å². The van der Waals surface area contributed by atoms with Crippen LogP contribution in [0.3, 0.4) is 0 Å². The second-order valence-electron chi connectivity index (χ2n) is 6.72. The summed E-state index contributed by atoms with van der Waals surface area (Å²) in [5.74, 6) is 0.940. The summed E-state index contributed by atoms with van der Waals surface area (Å²) < 4.78 is 0. The van der Waals surface area contributed by atoms with Crippen LogP contribution in [-0.2, 0) is 4.79 Å². The number of anilines is 2. The minimum absolute atomic E-state index is 0. The van der Waals surface area contributed by atoms with Crippen LogP contribution in [0.4, 0.5) is 11.4 Å². The smallest absolute Gasteiger partial charge is 0.224 e. The van der Waals surface area contributed by atoms with E-state index >= 15 is 0 Å². The number of amides is 1. The molecule has 1 aliphatic rings. The monoisotopic (exact) mass is 389 g/mol. The first kappa shape index (κ1) is 24.0. The lowest BCUT2D eigenvalue weighted by Gasteiger charge is -2.32. The Bertz CT molecular complexity index is 491. The Balaban J connectivity index is 0.00000288. The van der Waals surface area contributed by atoms with Gasteiger partial charge in [-0.3, -0.25) is 4.79 Å². The summed E-state index contributed by atoms with van der Waals surface area (Å²) in [4.78, 5) is 14.4. The van der Waals surface area contributed by atoms with Gasteiger partial charge in [-0.1, -0.05) is 25.8 Å². The number of halogens is 2. The number of carbonyl (C=O) groups is 1. The molecule has 1 fully saturated rings. The third-order valence-corrected chi connectivity index (χ3v) is 4.64. The van der Waals surface area contributed by atoms with Gasteiger partial charge >= 0.3 is 0 Å². The van der Waals surface area contributed by atoms with Crippen molar-refractivity contribution in [2.45, 2.75) is 51.9 Å². The molecule has 1 aromatic rings. The van der Waals surface area contributed by atoms with E-state index in [-0.39, 0.29) is 30.7 Å². The van der Waals surface area contributed by atoms with Crippen LogP contribution in [0.15, 0.2) is 24.3 Å². The zero-order valence-electron chi connectivity index (χ0n) is 15.2. The number of rotatable bonds is 8. The first-order valence-electron chi connectivity index (χ1n) is 9.04. The minimum atomic E-state index is 0. The fourth-order valence-electron chi connectivity index (χ4n) is 3.05. The lowest BCUT2D eigenvalue weighted by molar-refractivity contribution is -0.116. The highest BCUT2D eigenvalue weighted by atomic mass is 35.5. The van der Waals surface area contributed by atoms with Crippen LogP contribution in [0.2, 0.25) is 0 Å². The van der Waals surface area contributed by atoms with Gasteiger partial charge in [0.25, 0.3) is 0 Å². The van der Waals surface area contributed by atoms with E-state index in [0.717, 1.165) is 56.9 Å². The first-order valence-corrected chi connectivity index (χ1v) is 9.04. The molecular weight excluding hydrogens is 357 g/mol. The summed E-state index contributed by atoms with van der Waals surface area (Å²) in [5.41, 5.74) is 7.60. The third kappa shape index (κ3) is 8.80. The molecule has 0 aromatic heterocycles. The van der Waals surface area contributed by atoms with Crippen molar-refractivity contribution in [2.75, 3.05) is 29.9 Å². The Morgan fingerprint density at radius 3 is 2.52 bits per heavy atom. The molecule has 1 aromatic carbocycles. The van der Waals surface area contributed by atoms with Gasteiger partial charge in [-0.2, -0.15) is 0 Å². The molecule has 0 bridgehead atoms. The van der Waals surface area contributed by atoms with Crippen molar-refractivity contribution in [2.24, 2.45) is 11.7 Å². The van der Waals surface area contributed by atoms with E-state index in [1.54, 1.807) is 0 Å². The fraction of sp³-hybridized carbons (Fsp3) is 0.632. The number of benzene rings is 1. The summed E-state index contributed by atoms with van der Waals surface area (Å²) in [6.07, 6.45) is 7.28. The second kappa shape index (κ2) is 13.3. The Labute approximate surface area is 164 Å². The Morgan fingerprint density at radius 2 is 1.84 bits per heavy atom.